The first-order valence-corrected chi connectivity index (χ1v) is 8.34. The standard InChI is InChI=1S/C20H20FNO2/c1-24-17-5-2-14(3-6-17)13-22-11-8-15-12-16(20(21)9-10-20)4-7-18(15)19(22)23/h2-7,12H,8-11,13H2,1H3. The third-order valence-electron chi connectivity index (χ3n) is 5.01. The van der Waals surface area contributed by atoms with Gasteiger partial charge in [-0.2, -0.15) is 0 Å². The molecule has 1 aliphatic carbocycles. The van der Waals surface area contributed by atoms with Crippen molar-refractivity contribution in [2.45, 2.75) is 31.5 Å². The predicted octanol–water partition coefficient (Wildman–Crippen LogP) is 3.85. The highest BCUT2D eigenvalue weighted by atomic mass is 19.1. The molecule has 3 nitrogen and oxygen atoms in total. The minimum absolute atomic E-state index is 0.0299. The Morgan fingerprint density at radius 3 is 2.58 bits per heavy atom. The van der Waals surface area contributed by atoms with Crippen molar-refractivity contribution in [1.29, 1.82) is 0 Å². The van der Waals surface area contributed by atoms with Crippen molar-refractivity contribution in [3.63, 3.8) is 0 Å². The van der Waals surface area contributed by atoms with E-state index in [1.165, 1.54) is 0 Å². The van der Waals surface area contributed by atoms with Crippen LogP contribution in [0.1, 0.15) is 39.9 Å². The van der Waals surface area contributed by atoms with Gasteiger partial charge in [-0.25, -0.2) is 4.39 Å². The van der Waals surface area contributed by atoms with Gasteiger partial charge in [0.1, 0.15) is 11.4 Å². The summed E-state index contributed by atoms with van der Waals surface area (Å²) in [5.74, 6) is 0.837. The molecule has 0 saturated heterocycles. The van der Waals surface area contributed by atoms with E-state index in [1.807, 2.05) is 35.2 Å². The average molecular weight is 325 g/mol. The molecule has 0 radical (unpaired) electrons. The Kier molecular flexibility index (Phi) is 3.56. The van der Waals surface area contributed by atoms with Gasteiger partial charge in [0, 0.05) is 18.7 Å². The first-order chi connectivity index (χ1) is 11.6. The average Bonchev–Trinajstić information content (AvgIpc) is 3.37. The SMILES string of the molecule is COc1ccc(CN2CCc3cc(C4(F)CC4)ccc3C2=O)cc1. The number of hydrogen-bond donors (Lipinski definition) is 0. The van der Waals surface area contributed by atoms with Crippen molar-refractivity contribution < 1.29 is 13.9 Å². The zero-order valence-electron chi connectivity index (χ0n) is 13.7. The fourth-order valence-corrected chi connectivity index (χ4v) is 3.32. The van der Waals surface area contributed by atoms with Crippen molar-refractivity contribution >= 4 is 5.91 Å². The highest BCUT2D eigenvalue weighted by Crippen LogP contribution is 2.50. The van der Waals surface area contributed by atoms with E-state index in [-0.39, 0.29) is 5.91 Å². The predicted molar refractivity (Wildman–Crippen MR) is 89.9 cm³/mol. The summed E-state index contributed by atoms with van der Waals surface area (Å²) in [6.07, 6.45) is 1.98. The van der Waals surface area contributed by atoms with Crippen molar-refractivity contribution in [2.75, 3.05) is 13.7 Å². The Morgan fingerprint density at radius 1 is 1.17 bits per heavy atom. The molecule has 2 aliphatic rings. The number of benzene rings is 2. The number of nitrogens with zero attached hydrogens (tertiary/aromatic N) is 1. The van der Waals surface area contributed by atoms with Crippen LogP contribution in [0, 0.1) is 0 Å². The molecule has 1 heterocycles. The number of hydrogen-bond acceptors (Lipinski definition) is 2. The molecule has 4 heteroatoms. The number of halogens is 1. The van der Waals surface area contributed by atoms with Gasteiger partial charge in [0.05, 0.1) is 7.11 Å². The van der Waals surface area contributed by atoms with Crippen LogP contribution in [-0.4, -0.2) is 24.5 Å². The van der Waals surface area contributed by atoms with Crippen molar-refractivity contribution in [3.05, 3.63) is 64.7 Å². The van der Waals surface area contributed by atoms with Gasteiger partial charge >= 0.3 is 0 Å². The van der Waals surface area contributed by atoms with Gasteiger partial charge < -0.3 is 9.64 Å². The van der Waals surface area contributed by atoms with Gasteiger partial charge in [-0.15, -0.1) is 0 Å². The van der Waals surface area contributed by atoms with Crippen molar-refractivity contribution in [2.24, 2.45) is 0 Å². The summed E-state index contributed by atoms with van der Waals surface area (Å²) < 4.78 is 19.4. The van der Waals surface area contributed by atoms with Crippen LogP contribution in [0.3, 0.4) is 0 Å². The lowest BCUT2D eigenvalue weighted by Gasteiger charge is -2.29. The molecule has 1 aliphatic heterocycles. The van der Waals surface area contributed by atoms with Crippen LogP contribution in [0.25, 0.3) is 0 Å². The van der Waals surface area contributed by atoms with E-state index >= 15 is 0 Å². The molecule has 0 unspecified atom stereocenters. The number of fused-ring (bicyclic) bond motifs is 1. The fraction of sp³-hybridized carbons (Fsp3) is 0.350. The second-order valence-corrected chi connectivity index (χ2v) is 6.66. The molecule has 2 aromatic rings. The lowest BCUT2D eigenvalue weighted by Crippen LogP contribution is -2.37. The smallest absolute Gasteiger partial charge is 0.254 e. The summed E-state index contributed by atoms with van der Waals surface area (Å²) in [5, 5.41) is 0. The molecule has 0 N–H and O–H groups in total. The molecule has 24 heavy (non-hydrogen) atoms. The maximum Gasteiger partial charge on any atom is 0.254 e. The Bertz CT molecular complexity index is 781. The van der Waals surface area contributed by atoms with Crippen LogP contribution in [0.5, 0.6) is 5.75 Å². The van der Waals surface area contributed by atoms with Crippen molar-refractivity contribution in [3.8, 4) is 5.75 Å². The summed E-state index contributed by atoms with van der Waals surface area (Å²) in [4.78, 5) is 14.6. The van der Waals surface area contributed by atoms with Gasteiger partial charge in [-0.05, 0) is 54.2 Å². The third-order valence-corrected chi connectivity index (χ3v) is 5.01. The van der Waals surface area contributed by atoms with Gasteiger partial charge in [0.25, 0.3) is 5.91 Å². The quantitative estimate of drug-likeness (QED) is 0.854. The zero-order valence-corrected chi connectivity index (χ0v) is 13.7. The molecule has 1 amide bonds. The van der Waals surface area contributed by atoms with Crippen LogP contribution < -0.4 is 4.74 Å². The molecule has 1 fully saturated rings. The number of amides is 1. The second kappa shape index (κ2) is 5.62. The van der Waals surface area contributed by atoms with Gasteiger partial charge in [0.15, 0.2) is 0 Å². The van der Waals surface area contributed by atoms with E-state index in [9.17, 15) is 9.18 Å². The monoisotopic (exact) mass is 325 g/mol. The van der Waals surface area contributed by atoms with E-state index in [1.54, 1.807) is 19.2 Å². The minimum Gasteiger partial charge on any atom is -0.497 e. The number of carbonyl (C=O) groups excluding carboxylic acids is 1. The molecule has 4 rings (SSSR count). The van der Waals surface area contributed by atoms with Crippen LogP contribution >= 0.6 is 0 Å². The van der Waals surface area contributed by atoms with Crippen LogP contribution in [0.15, 0.2) is 42.5 Å². The first-order valence-electron chi connectivity index (χ1n) is 8.34. The van der Waals surface area contributed by atoms with Crippen molar-refractivity contribution in [1.82, 2.24) is 4.90 Å². The number of rotatable bonds is 4. The molecular formula is C20H20FNO2. The largest absolute Gasteiger partial charge is 0.497 e. The van der Waals surface area contributed by atoms with Gasteiger partial charge in [-0.1, -0.05) is 24.3 Å². The first kappa shape index (κ1) is 15.2. The van der Waals surface area contributed by atoms with E-state index < -0.39 is 5.67 Å². The lowest BCUT2D eigenvalue weighted by molar-refractivity contribution is 0.0727. The highest BCUT2D eigenvalue weighted by Gasteiger charge is 2.45. The van der Waals surface area contributed by atoms with E-state index in [0.717, 1.165) is 28.9 Å². The maximum absolute atomic E-state index is 14.2. The Hall–Kier alpha value is -2.36. The number of carbonyl (C=O) groups is 1. The lowest BCUT2D eigenvalue weighted by atomic mass is 9.94. The summed E-state index contributed by atoms with van der Waals surface area (Å²) >= 11 is 0. The number of ether oxygens (including phenoxy) is 1. The Labute approximate surface area is 141 Å². The topological polar surface area (TPSA) is 29.5 Å². The Balaban J connectivity index is 1.53. The molecule has 0 spiro atoms. The maximum atomic E-state index is 14.2. The number of methoxy groups -OCH3 is 1. The van der Waals surface area contributed by atoms with Crippen LogP contribution in [0.4, 0.5) is 4.39 Å². The van der Waals surface area contributed by atoms with Gasteiger partial charge in [0.2, 0.25) is 0 Å². The molecule has 1 saturated carbocycles. The fourth-order valence-electron chi connectivity index (χ4n) is 3.32. The summed E-state index contributed by atoms with van der Waals surface area (Å²) in [6.45, 7) is 1.25. The number of alkyl halides is 1. The summed E-state index contributed by atoms with van der Waals surface area (Å²) in [7, 11) is 1.64. The third kappa shape index (κ3) is 2.66. The molecular weight excluding hydrogens is 305 g/mol. The molecule has 0 aromatic heterocycles. The zero-order chi connectivity index (χ0) is 16.7. The molecule has 0 atom stereocenters. The van der Waals surface area contributed by atoms with Crippen LogP contribution in [0.2, 0.25) is 0 Å². The Morgan fingerprint density at radius 2 is 1.92 bits per heavy atom. The second-order valence-electron chi connectivity index (χ2n) is 6.66. The van der Waals surface area contributed by atoms with E-state index in [4.69, 9.17) is 4.74 Å². The molecule has 2 aromatic carbocycles. The molecule has 124 valence electrons. The summed E-state index contributed by atoms with van der Waals surface area (Å²) in [6, 6.07) is 13.2. The normalized spacial score (nSPS) is 18.2. The molecule has 0 bridgehead atoms. The van der Waals surface area contributed by atoms with Crippen LogP contribution in [-0.2, 0) is 18.6 Å². The highest BCUT2D eigenvalue weighted by molar-refractivity contribution is 5.96. The summed E-state index contributed by atoms with van der Waals surface area (Å²) in [5.41, 5.74) is 2.36. The minimum atomic E-state index is -1.14. The van der Waals surface area contributed by atoms with Gasteiger partial charge in [-0.3, -0.25) is 4.79 Å². The van der Waals surface area contributed by atoms with E-state index in [2.05, 4.69) is 0 Å². The van der Waals surface area contributed by atoms with E-state index in [0.29, 0.717) is 31.5 Å².